The Morgan fingerprint density at radius 2 is 0.917 bits per heavy atom. The molecule has 0 aromatic heterocycles. The molecule has 4 fully saturated rings. The molecule has 0 saturated carbocycles. The number of amides is 16. The second kappa shape index (κ2) is 57.6. The highest BCUT2D eigenvalue weighted by Crippen LogP contribution is 2.24. The van der Waals surface area contributed by atoms with Gasteiger partial charge in [-0.25, -0.2) is 4.79 Å². The molecule has 4 aliphatic rings. The molecule has 736 valence electrons. The molecule has 5 rings (SSSR count). The first-order chi connectivity index (χ1) is 62.5. The molecular formula is C82H137N29O18S3. The number of aliphatic carboxylic acids is 1. The van der Waals surface area contributed by atoms with Crippen molar-refractivity contribution in [2.24, 2.45) is 52.2 Å². The number of guanidine groups is 4. The SMILES string of the molecule is CC[C@H](C)[C@H](N)C(=O)N[C@H]1CSCCC(=O)N2CN3CN(C2)C(=O)CCSC[C@H](NC(=O)[C@@H]2CCCN2C(=O)[C@H](CC(C)C)NC(=O)[C@H](CCCNC(=N)N)NC(=O)[C@H](Cc2ccccc2)NC1=O)C(=O)N[C@@H](CCCNC(=N)N)C(=O)N[C@@H](CCC(N)=O)C(=O)N[C@@H](CC(C)C)C(=O)N[C@@H](CCCNC(=N)N)C(=O)N[C@H](C(=O)N[C@@H](CCCNC(=N)N)C(=O)O)CSCCC3=O. The molecule has 4 bridgehead atoms. The maximum Gasteiger partial charge on any atom is 0.326 e. The van der Waals surface area contributed by atoms with Crippen LogP contribution in [0.2, 0.25) is 0 Å². The van der Waals surface area contributed by atoms with E-state index < -0.39 is 242 Å². The summed E-state index contributed by atoms with van der Waals surface area (Å²) in [5.41, 5.74) is 35.0. The van der Waals surface area contributed by atoms with Crippen LogP contribution in [0.4, 0.5) is 0 Å². The minimum Gasteiger partial charge on any atom is -0.480 e. The van der Waals surface area contributed by atoms with Gasteiger partial charge in [0.1, 0.15) is 72.5 Å². The lowest BCUT2D eigenvalue weighted by Crippen LogP contribution is -2.61. The van der Waals surface area contributed by atoms with Crippen LogP contribution in [0.15, 0.2) is 30.3 Å². The van der Waals surface area contributed by atoms with Crippen LogP contribution in [0, 0.1) is 39.4 Å². The number of thioether (sulfide) groups is 3. The van der Waals surface area contributed by atoms with Gasteiger partial charge >= 0.3 is 5.97 Å². The van der Waals surface area contributed by atoms with Crippen LogP contribution in [0.5, 0.6) is 0 Å². The Hall–Kier alpha value is -11.7. The van der Waals surface area contributed by atoms with Gasteiger partial charge in [-0.05, 0) is 107 Å². The fraction of sp³-hybridized carbons (Fsp3) is 0.671. The number of fused-ring (bicyclic) bond motifs is 8. The van der Waals surface area contributed by atoms with Crippen LogP contribution < -0.4 is 114 Å². The highest BCUT2D eigenvalue weighted by atomic mass is 32.2. The van der Waals surface area contributed by atoms with Crippen molar-refractivity contribution >= 4 is 160 Å². The maximum absolute atomic E-state index is 15.4. The zero-order valence-electron chi connectivity index (χ0n) is 75.8. The molecule has 50 heteroatoms. The van der Waals surface area contributed by atoms with Crippen LogP contribution in [-0.2, 0) is 87.9 Å². The Morgan fingerprint density at radius 1 is 0.500 bits per heavy atom. The molecule has 1 aromatic carbocycles. The van der Waals surface area contributed by atoms with E-state index in [2.05, 4.69) is 79.8 Å². The first-order valence-electron chi connectivity index (χ1n) is 44.4. The average molecular weight is 1910 g/mol. The van der Waals surface area contributed by atoms with E-state index in [-0.39, 0.29) is 182 Å². The van der Waals surface area contributed by atoms with Gasteiger partial charge in [0.15, 0.2) is 23.8 Å². The lowest BCUT2D eigenvalue weighted by atomic mass is 9.99. The molecule has 32 N–H and O–H groups in total. The number of carboxylic acids is 1. The zero-order chi connectivity index (χ0) is 97.8. The number of rotatable bonds is 32. The molecule has 0 aliphatic carbocycles. The lowest BCUT2D eigenvalue weighted by Gasteiger charge is -2.42. The summed E-state index contributed by atoms with van der Waals surface area (Å²) in [6, 6.07) is -11.2. The molecular weight excluding hydrogens is 1780 g/mol. The summed E-state index contributed by atoms with van der Waals surface area (Å²) in [5, 5.41) is 81.3. The topological polar surface area (TPSA) is 755 Å². The van der Waals surface area contributed by atoms with Crippen LogP contribution in [0.3, 0.4) is 0 Å². The van der Waals surface area contributed by atoms with E-state index in [1.165, 1.54) is 19.6 Å². The Labute approximate surface area is 780 Å². The monoisotopic (exact) mass is 1910 g/mol. The van der Waals surface area contributed by atoms with Gasteiger partial charge in [0.05, 0.1) is 26.0 Å². The number of hydrogen-bond donors (Lipinski definition) is 26. The molecule has 132 heavy (non-hydrogen) atoms. The minimum absolute atomic E-state index is 0.00242. The van der Waals surface area contributed by atoms with Gasteiger partial charge in [0, 0.05) is 99.3 Å². The van der Waals surface area contributed by atoms with Gasteiger partial charge in [-0.2, -0.15) is 35.3 Å². The fourth-order valence-corrected chi connectivity index (χ4v) is 17.4. The molecule has 0 unspecified atom stereocenters. The molecule has 0 spiro atoms. The van der Waals surface area contributed by atoms with Crippen molar-refractivity contribution in [2.45, 2.75) is 242 Å². The standard InChI is InChI=1S/C82H137N29O18S3/c1-7-47(6)65(84)76(126)107-59-41-132-35-27-64(115)110-43-108-42-109(44-110)63(114)26-34-131-40-58(106-75(125)60-22-15-32-111(60)77(127)56(37-46(4)5)104-67(117)50(19-12-29-94-80(87)88)98-71(121)55(103-74(59)124)38-48-16-9-8-10-17-48)72(122)99-49(18-11-28-93-79(85)86)66(116)100-52(23-24-61(83)112)69(119)102-54(36-45(2)3)70(120)97-51(20-13-30-95-81(89)90)68(118)105-57(39-130-33-25-62(108)113)73(123)101-53(78(128)129)21-14-31-96-82(91)92/h8-10,16-17,45-47,49-60,65H,7,11-15,18-44,84H2,1-6H3,(H2,83,112)(H,97,120)(H,98,121)(H,99,122)(H,100,116)(H,101,123)(H,102,119)(H,103,124)(H,104,117)(H,105,118)(H,106,125)(H,107,126)(H,128,129)(H4,85,86,93)(H4,87,88,94)(H4,89,90,95)(H4,91,92,96)/t47-,49-,50-,51-,52-,53-,54-,55-,56-,57-,58-,59-,60-,65-/m0/s1. The van der Waals surface area contributed by atoms with Crippen LogP contribution in [0.25, 0.3) is 0 Å². The Morgan fingerprint density at radius 3 is 1.39 bits per heavy atom. The van der Waals surface area contributed by atoms with Gasteiger partial charge in [-0.3, -0.25) is 98.3 Å². The van der Waals surface area contributed by atoms with E-state index >= 15 is 33.6 Å². The predicted molar refractivity (Wildman–Crippen MR) is 496 cm³/mol. The molecule has 1 aromatic rings. The third kappa shape index (κ3) is 39.8. The summed E-state index contributed by atoms with van der Waals surface area (Å²) in [6.07, 6.45) is -2.55. The van der Waals surface area contributed by atoms with Crippen LogP contribution >= 0.6 is 35.3 Å². The van der Waals surface area contributed by atoms with Crippen molar-refractivity contribution in [1.82, 2.24) is 99.4 Å². The Bertz CT molecular complexity index is 4160. The summed E-state index contributed by atoms with van der Waals surface area (Å²) in [6.45, 7) is 9.20. The summed E-state index contributed by atoms with van der Waals surface area (Å²) >= 11 is 2.95. The van der Waals surface area contributed by atoms with Gasteiger partial charge in [-0.15, -0.1) is 0 Å². The lowest BCUT2D eigenvalue weighted by molar-refractivity contribution is -0.158. The molecule has 0 radical (unpaired) electrons. The second-order valence-corrected chi connectivity index (χ2v) is 37.1. The average Bonchev–Trinajstić information content (AvgIpc) is 1.74. The molecule has 4 aliphatic heterocycles. The number of benzene rings is 1. The van der Waals surface area contributed by atoms with E-state index in [4.69, 9.17) is 56.0 Å². The third-order valence-corrected chi connectivity index (χ3v) is 25.1. The van der Waals surface area contributed by atoms with E-state index in [9.17, 15) is 53.1 Å². The summed E-state index contributed by atoms with van der Waals surface area (Å²) in [4.78, 5) is 255. The van der Waals surface area contributed by atoms with E-state index in [1.54, 1.807) is 65.0 Å². The summed E-state index contributed by atoms with van der Waals surface area (Å²) < 4.78 is 0. The van der Waals surface area contributed by atoms with Crippen molar-refractivity contribution in [3.63, 3.8) is 0 Å². The van der Waals surface area contributed by atoms with Crippen molar-refractivity contribution in [2.75, 3.05) is 87.2 Å². The highest BCUT2D eigenvalue weighted by molar-refractivity contribution is 7.99. The quantitative estimate of drug-likeness (QED) is 0.0181. The fourth-order valence-electron chi connectivity index (χ4n) is 14.5. The first-order valence-corrected chi connectivity index (χ1v) is 47.9. The number of nitrogens with one attached hydrogen (secondary N) is 19. The van der Waals surface area contributed by atoms with Crippen molar-refractivity contribution < 1.29 is 86.6 Å². The normalized spacial score (nSPS) is 23.7. The van der Waals surface area contributed by atoms with Crippen molar-refractivity contribution in [3.05, 3.63) is 35.9 Å². The van der Waals surface area contributed by atoms with E-state index in [0.29, 0.717) is 12.0 Å². The molecule has 14 atom stereocenters. The van der Waals surface area contributed by atoms with Crippen molar-refractivity contribution in [3.8, 4) is 0 Å². The van der Waals surface area contributed by atoms with Crippen LogP contribution in [0.1, 0.15) is 163 Å². The minimum atomic E-state index is -1.74. The van der Waals surface area contributed by atoms with E-state index in [1.807, 2.05) is 6.92 Å². The zero-order valence-corrected chi connectivity index (χ0v) is 78.3. The highest BCUT2D eigenvalue weighted by Gasteiger charge is 2.43. The van der Waals surface area contributed by atoms with Gasteiger partial charge < -0.3 is 139 Å². The van der Waals surface area contributed by atoms with Crippen molar-refractivity contribution in [1.29, 1.82) is 21.6 Å². The molecule has 4 saturated heterocycles. The van der Waals surface area contributed by atoms with Gasteiger partial charge in [-0.1, -0.05) is 78.3 Å². The molecule has 4 heterocycles. The van der Waals surface area contributed by atoms with Gasteiger partial charge in [0.2, 0.25) is 94.5 Å². The second-order valence-electron chi connectivity index (χ2n) is 33.7. The summed E-state index contributed by atoms with van der Waals surface area (Å²) in [5.74, 6) is -19.7. The molecule has 47 nitrogen and oxygen atoms in total. The number of primary amides is 1. The Balaban J connectivity index is 1.75. The number of nitrogens with two attached hydrogens (primary N) is 6. The van der Waals surface area contributed by atoms with Crippen LogP contribution in [-0.4, -0.2) is 315 Å². The Kier molecular flexibility index (Phi) is 48.3. The maximum atomic E-state index is 15.4. The third-order valence-electron chi connectivity index (χ3n) is 22.0. The number of nitrogens with zero attached hydrogens (tertiary/aromatic N) is 4. The number of carbonyl (C=O) groups excluding carboxylic acids is 16. The summed E-state index contributed by atoms with van der Waals surface area (Å²) in [7, 11) is 0. The first kappa shape index (κ1) is 111. The number of carboxylic acid groups (broad SMARTS) is 1. The smallest absolute Gasteiger partial charge is 0.326 e. The van der Waals surface area contributed by atoms with Gasteiger partial charge in [0.25, 0.3) is 0 Å². The largest absolute Gasteiger partial charge is 0.480 e. The predicted octanol–water partition coefficient (Wildman–Crippen LogP) is -5.81. The molecule has 16 amide bonds. The number of hydrogen-bond acceptors (Lipinski definition) is 25. The number of carbonyl (C=O) groups is 17. The van der Waals surface area contributed by atoms with E-state index in [0.717, 1.165) is 35.3 Å².